The van der Waals surface area contributed by atoms with Crippen molar-refractivity contribution < 1.29 is 18.7 Å². The van der Waals surface area contributed by atoms with E-state index in [-0.39, 0.29) is 11.8 Å². The molecule has 0 aromatic carbocycles. The Kier molecular flexibility index (Phi) is 8.04. The number of methoxy groups -OCH3 is 2. The van der Waals surface area contributed by atoms with E-state index < -0.39 is 5.82 Å². The molecule has 0 spiro atoms. The van der Waals surface area contributed by atoms with Crippen LogP contribution >= 0.6 is 0 Å². The summed E-state index contributed by atoms with van der Waals surface area (Å²) in [5.41, 5.74) is 0.294. The van der Waals surface area contributed by atoms with E-state index in [1.54, 1.807) is 14.2 Å². The molecule has 21 heavy (non-hydrogen) atoms. The fraction of sp³-hybridized carbons (Fsp3) is 0.600. The number of aromatic nitrogens is 1. The Labute approximate surface area is 125 Å². The highest BCUT2D eigenvalue weighted by atomic mass is 19.1. The van der Waals surface area contributed by atoms with Crippen molar-refractivity contribution in [1.29, 1.82) is 0 Å². The molecule has 1 aromatic rings. The van der Waals surface area contributed by atoms with Crippen molar-refractivity contribution in [3.8, 4) is 0 Å². The summed E-state index contributed by atoms with van der Waals surface area (Å²) in [6.07, 6.45) is 1.39. The Hall–Kier alpha value is -1.37. The molecule has 0 fully saturated rings. The standard InChI is InChI=1S/C15H23FN2O3/c1-12(11-21-3)18(8-9-20-2)7-6-15(19)14-5-4-13(16)10-17-14/h4-5,10,12H,6-9,11H2,1-3H3. The molecule has 0 bridgehead atoms. The van der Waals surface area contributed by atoms with Crippen LogP contribution in [0.3, 0.4) is 0 Å². The zero-order valence-corrected chi connectivity index (χ0v) is 12.8. The summed E-state index contributed by atoms with van der Waals surface area (Å²) < 4.78 is 23.0. The third-order valence-corrected chi connectivity index (χ3v) is 3.25. The Balaban J connectivity index is 2.54. The summed E-state index contributed by atoms with van der Waals surface area (Å²) in [6, 6.07) is 2.85. The number of Topliss-reactive ketones (excluding diaryl/α,β-unsaturated/α-hetero) is 1. The van der Waals surface area contributed by atoms with Gasteiger partial charge in [0, 0.05) is 39.8 Å². The summed E-state index contributed by atoms with van der Waals surface area (Å²) in [7, 11) is 3.30. The van der Waals surface area contributed by atoms with Crippen molar-refractivity contribution in [2.75, 3.05) is 40.5 Å². The van der Waals surface area contributed by atoms with E-state index in [2.05, 4.69) is 9.88 Å². The predicted molar refractivity (Wildman–Crippen MR) is 77.9 cm³/mol. The van der Waals surface area contributed by atoms with Gasteiger partial charge in [0.2, 0.25) is 0 Å². The molecule has 0 amide bonds. The van der Waals surface area contributed by atoms with E-state index >= 15 is 0 Å². The highest BCUT2D eigenvalue weighted by Crippen LogP contribution is 2.06. The summed E-state index contributed by atoms with van der Waals surface area (Å²) in [5.74, 6) is -0.538. The third kappa shape index (κ3) is 6.29. The lowest BCUT2D eigenvalue weighted by atomic mass is 10.1. The third-order valence-electron chi connectivity index (χ3n) is 3.25. The minimum absolute atomic E-state index is 0.0953. The van der Waals surface area contributed by atoms with Crippen molar-refractivity contribution in [3.63, 3.8) is 0 Å². The molecule has 0 aliphatic carbocycles. The van der Waals surface area contributed by atoms with Crippen molar-refractivity contribution in [1.82, 2.24) is 9.88 Å². The molecular formula is C15H23FN2O3. The molecule has 0 saturated carbocycles. The van der Waals surface area contributed by atoms with Gasteiger partial charge in [0.05, 0.1) is 19.4 Å². The van der Waals surface area contributed by atoms with E-state index in [9.17, 15) is 9.18 Å². The van der Waals surface area contributed by atoms with Crippen LogP contribution in [0.4, 0.5) is 4.39 Å². The molecule has 0 aliphatic rings. The first-order valence-corrected chi connectivity index (χ1v) is 6.95. The van der Waals surface area contributed by atoms with E-state index in [4.69, 9.17) is 9.47 Å². The maximum Gasteiger partial charge on any atom is 0.182 e. The fourth-order valence-electron chi connectivity index (χ4n) is 2.02. The molecule has 1 heterocycles. The van der Waals surface area contributed by atoms with Crippen molar-refractivity contribution in [2.24, 2.45) is 0 Å². The van der Waals surface area contributed by atoms with Gasteiger partial charge in [-0.1, -0.05) is 0 Å². The normalized spacial score (nSPS) is 12.6. The van der Waals surface area contributed by atoms with Gasteiger partial charge in [0.1, 0.15) is 11.5 Å². The maximum absolute atomic E-state index is 12.8. The van der Waals surface area contributed by atoms with E-state index in [1.807, 2.05) is 6.92 Å². The van der Waals surface area contributed by atoms with Crippen molar-refractivity contribution in [2.45, 2.75) is 19.4 Å². The number of carbonyl (C=O) groups excluding carboxylic acids is 1. The topological polar surface area (TPSA) is 51.7 Å². The van der Waals surface area contributed by atoms with Crippen LogP contribution in [0, 0.1) is 5.82 Å². The molecule has 118 valence electrons. The van der Waals surface area contributed by atoms with Crippen LogP contribution in [0.15, 0.2) is 18.3 Å². The van der Waals surface area contributed by atoms with Crippen LogP contribution in [-0.2, 0) is 9.47 Å². The number of nitrogens with zero attached hydrogens (tertiary/aromatic N) is 2. The van der Waals surface area contributed by atoms with Crippen LogP contribution in [-0.4, -0.2) is 62.2 Å². The minimum atomic E-state index is -0.443. The highest BCUT2D eigenvalue weighted by Gasteiger charge is 2.16. The SMILES string of the molecule is COCCN(CCC(=O)c1ccc(F)cn1)C(C)COC. The molecule has 6 heteroatoms. The summed E-state index contributed by atoms with van der Waals surface area (Å²) in [6.45, 7) is 4.54. The Morgan fingerprint density at radius 3 is 2.67 bits per heavy atom. The largest absolute Gasteiger partial charge is 0.383 e. The number of ketones is 1. The molecular weight excluding hydrogens is 275 g/mol. The molecule has 5 nitrogen and oxygen atoms in total. The highest BCUT2D eigenvalue weighted by molar-refractivity contribution is 5.94. The van der Waals surface area contributed by atoms with Gasteiger partial charge < -0.3 is 9.47 Å². The fourth-order valence-corrected chi connectivity index (χ4v) is 2.02. The molecule has 1 rings (SSSR count). The van der Waals surface area contributed by atoms with Crippen LogP contribution in [0.1, 0.15) is 23.8 Å². The first-order chi connectivity index (χ1) is 10.1. The zero-order valence-electron chi connectivity index (χ0n) is 12.8. The van der Waals surface area contributed by atoms with Gasteiger partial charge in [-0.3, -0.25) is 14.7 Å². The van der Waals surface area contributed by atoms with Crippen LogP contribution in [0.25, 0.3) is 0 Å². The Morgan fingerprint density at radius 2 is 2.10 bits per heavy atom. The van der Waals surface area contributed by atoms with Crippen LogP contribution in [0.5, 0.6) is 0 Å². The second-order valence-corrected chi connectivity index (χ2v) is 4.87. The van der Waals surface area contributed by atoms with Gasteiger partial charge in [-0.2, -0.15) is 0 Å². The Morgan fingerprint density at radius 1 is 1.33 bits per heavy atom. The molecule has 0 N–H and O–H groups in total. The zero-order chi connectivity index (χ0) is 15.7. The first-order valence-electron chi connectivity index (χ1n) is 6.95. The van der Waals surface area contributed by atoms with Gasteiger partial charge in [0.25, 0.3) is 0 Å². The minimum Gasteiger partial charge on any atom is -0.383 e. The molecule has 1 unspecified atom stereocenters. The molecule has 1 atom stereocenters. The number of ether oxygens (including phenoxy) is 2. The number of rotatable bonds is 10. The average Bonchev–Trinajstić information content (AvgIpc) is 2.48. The lowest BCUT2D eigenvalue weighted by molar-refractivity contribution is 0.0702. The van der Waals surface area contributed by atoms with Crippen LogP contribution < -0.4 is 0 Å². The lowest BCUT2D eigenvalue weighted by Gasteiger charge is -2.28. The summed E-state index contributed by atoms with van der Waals surface area (Å²) in [5, 5.41) is 0. The number of hydrogen-bond acceptors (Lipinski definition) is 5. The number of carbonyl (C=O) groups is 1. The smallest absolute Gasteiger partial charge is 0.182 e. The quantitative estimate of drug-likeness (QED) is 0.616. The van der Waals surface area contributed by atoms with Gasteiger partial charge >= 0.3 is 0 Å². The predicted octanol–water partition coefficient (Wildman–Crippen LogP) is 1.78. The van der Waals surface area contributed by atoms with Crippen molar-refractivity contribution >= 4 is 5.78 Å². The van der Waals surface area contributed by atoms with Gasteiger partial charge in [-0.25, -0.2) is 4.39 Å². The van der Waals surface area contributed by atoms with E-state index in [0.29, 0.717) is 31.9 Å². The monoisotopic (exact) mass is 298 g/mol. The number of hydrogen-bond donors (Lipinski definition) is 0. The second kappa shape index (κ2) is 9.55. The van der Waals surface area contributed by atoms with Crippen molar-refractivity contribution in [3.05, 3.63) is 29.8 Å². The number of pyridine rings is 1. The Bertz CT molecular complexity index is 425. The van der Waals surface area contributed by atoms with E-state index in [0.717, 1.165) is 12.7 Å². The lowest BCUT2D eigenvalue weighted by Crippen LogP contribution is -2.39. The summed E-state index contributed by atoms with van der Waals surface area (Å²) in [4.78, 5) is 18.0. The summed E-state index contributed by atoms with van der Waals surface area (Å²) >= 11 is 0. The van der Waals surface area contributed by atoms with Gasteiger partial charge in [0.15, 0.2) is 5.78 Å². The van der Waals surface area contributed by atoms with Gasteiger partial charge in [-0.15, -0.1) is 0 Å². The molecule has 0 aliphatic heterocycles. The van der Waals surface area contributed by atoms with Gasteiger partial charge in [-0.05, 0) is 19.1 Å². The van der Waals surface area contributed by atoms with Crippen LogP contribution in [0.2, 0.25) is 0 Å². The number of halogens is 1. The van der Waals surface area contributed by atoms with E-state index in [1.165, 1.54) is 12.1 Å². The molecule has 0 saturated heterocycles. The first kappa shape index (κ1) is 17.7. The second-order valence-electron chi connectivity index (χ2n) is 4.87. The molecule has 1 aromatic heterocycles. The molecule has 0 radical (unpaired) electrons. The maximum atomic E-state index is 12.8. The average molecular weight is 298 g/mol.